The lowest BCUT2D eigenvalue weighted by Gasteiger charge is -2.17. The first kappa shape index (κ1) is 17.1. The maximum Gasteiger partial charge on any atom is 0.245 e. The van der Waals surface area contributed by atoms with Crippen molar-refractivity contribution < 1.29 is 13.2 Å². The summed E-state index contributed by atoms with van der Waals surface area (Å²) in [6.45, 7) is 2.47. The summed E-state index contributed by atoms with van der Waals surface area (Å²) < 4.78 is 28.1. The SMILES string of the molecule is Cc1ccc(N2CC[C@H](NS(=O)(=O)c3cccc(Br)c3)C2=O)cc1. The summed E-state index contributed by atoms with van der Waals surface area (Å²) in [6.07, 6.45) is 0.444. The maximum absolute atomic E-state index is 12.6. The number of nitrogens with zero attached hydrogens (tertiary/aromatic N) is 1. The summed E-state index contributed by atoms with van der Waals surface area (Å²) in [5.74, 6) is -0.225. The van der Waals surface area contributed by atoms with E-state index in [1.807, 2.05) is 31.2 Å². The molecule has 126 valence electrons. The van der Waals surface area contributed by atoms with Crippen LogP contribution in [0.1, 0.15) is 12.0 Å². The largest absolute Gasteiger partial charge is 0.311 e. The van der Waals surface area contributed by atoms with Gasteiger partial charge in [-0.2, -0.15) is 4.72 Å². The van der Waals surface area contributed by atoms with E-state index in [9.17, 15) is 13.2 Å². The summed E-state index contributed by atoms with van der Waals surface area (Å²) in [5.41, 5.74) is 1.90. The third-order valence-corrected chi connectivity index (χ3v) is 5.92. The van der Waals surface area contributed by atoms with E-state index in [4.69, 9.17) is 0 Å². The molecule has 1 amide bonds. The van der Waals surface area contributed by atoms with Crippen LogP contribution in [0, 0.1) is 6.92 Å². The highest BCUT2D eigenvalue weighted by Crippen LogP contribution is 2.23. The van der Waals surface area contributed by atoms with Gasteiger partial charge in [0.1, 0.15) is 6.04 Å². The Morgan fingerprint density at radius 3 is 2.54 bits per heavy atom. The Morgan fingerprint density at radius 1 is 1.17 bits per heavy atom. The molecule has 1 heterocycles. The summed E-state index contributed by atoms with van der Waals surface area (Å²) in [7, 11) is -3.74. The van der Waals surface area contributed by atoms with Crippen LogP contribution < -0.4 is 9.62 Å². The zero-order valence-corrected chi connectivity index (χ0v) is 15.5. The summed E-state index contributed by atoms with van der Waals surface area (Å²) >= 11 is 3.26. The van der Waals surface area contributed by atoms with E-state index >= 15 is 0 Å². The van der Waals surface area contributed by atoms with Crippen molar-refractivity contribution in [1.82, 2.24) is 4.72 Å². The van der Waals surface area contributed by atoms with Crippen LogP contribution in [0.3, 0.4) is 0 Å². The average Bonchev–Trinajstić information content (AvgIpc) is 2.89. The third-order valence-electron chi connectivity index (χ3n) is 3.95. The molecule has 1 aliphatic rings. The molecule has 1 N–H and O–H groups in total. The molecule has 0 aromatic heterocycles. The Morgan fingerprint density at radius 2 is 1.88 bits per heavy atom. The van der Waals surface area contributed by atoms with Crippen molar-refractivity contribution in [3.05, 3.63) is 58.6 Å². The lowest BCUT2D eigenvalue weighted by atomic mass is 10.2. The molecule has 7 heteroatoms. The maximum atomic E-state index is 12.6. The lowest BCUT2D eigenvalue weighted by molar-refractivity contribution is -0.118. The van der Waals surface area contributed by atoms with E-state index in [0.29, 0.717) is 17.4 Å². The Hall–Kier alpha value is -1.70. The minimum atomic E-state index is -3.74. The fourth-order valence-corrected chi connectivity index (χ4v) is 4.48. The Bertz CT molecular complexity index is 866. The Kier molecular flexibility index (Phi) is 4.76. The van der Waals surface area contributed by atoms with Gasteiger partial charge in [-0.05, 0) is 43.7 Å². The van der Waals surface area contributed by atoms with Gasteiger partial charge < -0.3 is 4.90 Å². The highest BCUT2D eigenvalue weighted by molar-refractivity contribution is 9.10. The van der Waals surface area contributed by atoms with Crippen LogP contribution in [0.4, 0.5) is 5.69 Å². The van der Waals surface area contributed by atoms with Crippen molar-refractivity contribution in [3.63, 3.8) is 0 Å². The molecule has 24 heavy (non-hydrogen) atoms. The van der Waals surface area contributed by atoms with Gasteiger partial charge in [-0.1, -0.05) is 39.7 Å². The molecule has 0 aliphatic carbocycles. The fraction of sp³-hybridized carbons (Fsp3) is 0.235. The minimum absolute atomic E-state index is 0.137. The van der Waals surface area contributed by atoms with Gasteiger partial charge in [-0.15, -0.1) is 0 Å². The predicted octanol–water partition coefficient (Wildman–Crippen LogP) is 2.84. The Labute approximate surface area is 149 Å². The number of amides is 1. The summed E-state index contributed by atoms with van der Waals surface area (Å²) in [5, 5.41) is 0. The molecule has 5 nitrogen and oxygen atoms in total. The lowest BCUT2D eigenvalue weighted by Crippen LogP contribution is -2.41. The van der Waals surface area contributed by atoms with E-state index in [0.717, 1.165) is 11.3 Å². The predicted molar refractivity (Wildman–Crippen MR) is 96.4 cm³/mol. The topological polar surface area (TPSA) is 66.5 Å². The summed E-state index contributed by atoms with van der Waals surface area (Å²) in [4.78, 5) is 14.3. The van der Waals surface area contributed by atoms with Crippen molar-refractivity contribution in [2.45, 2.75) is 24.3 Å². The van der Waals surface area contributed by atoms with Crippen LogP contribution in [0.5, 0.6) is 0 Å². The normalized spacial score (nSPS) is 18.2. The smallest absolute Gasteiger partial charge is 0.245 e. The first-order valence-corrected chi connectivity index (χ1v) is 9.80. The minimum Gasteiger partial charge on any atom is -0.311 e. The zero-order valence-electron chi connectivity index (χ0n) is 13.1. The first-order chi connectivity index (χ1) is 11.4. The Balaban J connectivity index is 1.77. The molecule has 1 atom stereocenters. The van der Waals surface area contributed by atoms with E-state index in [1.54, 1.807) is 17.0 Å². The van der Waals surface area contributed by atoms with Gasteiger partial charge >= 0.3 is 0 Å². The van der Waals surface area contributed by atoms with Crippen LogP contribution in [0.2, 0.25) is 0 Å². The zero-order chi connectivity index (χ0) is 17.3. The number of anilines is 1. The molecule has 0 unspecified atom stereocenters. The summed E-state index contributed by atoms with van der Waals surface area (Å²) in [6, 6.07) is 13.3. The van der Waals surface area contributed by atoms with Crippen LogP contribution >= 0.6 is 15.9 Å². The molecule has 0 radical (unpaired) electrons. The first-order valence-electron chi connectivity index (χ1n) is 7.53. The molecule has 1 saturated heterocycles. The van der Waals surface area contributed by atoms with Crippen molar-refractivity contribution >= 4 is 37.5 Å². The second-order valence-electron chi connectivity index (χ2n) is 5.75. The van der Waals surface area contributed by atoms with Gasteiger partial charge in [0.05, 0.1) is 4.90 Å². The van der Waals surface area contributed by atoms with Crippen LogP contribution in [-0.2, 0) is 14.8 Å². The quantitative estimate of drug-likeness (QED) is 0.845. The average molecular weight is 409 g/mol. The van der Waals surface area contributed by atoms with Gasteiger partial charge in [0.15, 0.2) is 0 Å². The van der Waals surface area contributed by atoms with Crippen molar-refractivity contribution in [2.24, 2.45) is 0 Å². The number of hydrogen-bond donors (Lipinski definition) is 1. The highest BCUT2D eigenvalue weighted by Gasteiger charge is 2.35. The number of benzene rings is 2. The van der Waals surface area contributed by atoms with Gasteiger partial charge in [0, 0.05) is 16.7 Å². The third kappa shape index (κ3) is 3.53. The van der Waals surface area contributed by atoms with Crippen LogP contribution in [0.25, 0.3) is 0 Å². The molecule has 0 bridgehead atoms. The van der Waals surface area contributed by atoms with E-state index in [1.165, 1.54) is 12.1 Å². The molecule has 1 fully saturated rings. The van der Waals surface area contributed by atoms with Crippen molar-refractivity contribution in [1.29, 1.82) is 0 Å². The highest BCUT2D eigenvalue weighted by atomic mass is 79.9. The number of hydrogen-bond acceptors (Lipinski definition) is 3. The fourth-order valence-electron chi connectivity index (χ4n) is 2.66. The van der Waals surface area contributed by atoms with E-state index in [2.05, 4.69) is 20.7 Å². The monoisotopic (exact) mass is 408 g/mol. The van der Waals surface area contributed by atoms with Gasteiger partial charge in [-0.25, -0.2) is 8.42 Å². The second-order valence-corrected chi connectivity index (χ2v) is 8.38. The van der Waals surface area contributed by atoms with E-state index < -0.39 is 16.1 Å². The molecular weight excluding hydrogens is 392 g/mol. The number of carbonyl (C=O) groups excluding carboxylic acids is 1. The molecule has 0 spiro atoms. The number of rotatable bonds is 4. The number of halogens is 1. The van der Waals surface area contributed by atoms with Gasteiger partial charge in [0.2, 0.25) is 15.9 Å². The van der Waals surface area contributed by atoms with Gasteiger partial charge in [-0.3, -0.25) is 4.79 Å². The number of sulfonamides is 1. The van der Waals surface area contributed by atoms with Gasteiger partial charge in [0.25, 0.3) is 0 Å². The van der Waals surface area contributed by atoms with Crippen molar-refractivity contribution in [3.8, 4) is 0 Å². The van der Waals surface area contributed by atoms with Crippen molar-refractivity contribution in [2.75, 3.05) is 11.4 Å². The molecule has 2 aromatic rings. The molecule has 1 aliphatic heterocycles. The number of carbonyl (C=O) groups is 1. The molecule has 3 rings (SSSR count). The van der Waals surface area contributed by atoms with Crippen LogP contribution in [0.15, 0.2) is 57.9 Å². The molecular formula is C17H17BrN2O3S. The molecule has 0 saturated carbocycles. The standard InChI is InChI=1S/C17H17BrN2O3S/c1-12-5-7-14(8-6-12)20-10-9-16(17(20)21)19-24(22,23)15-4-2-3-13(18)11-15/h2-8,11,16,19H,9-10H2,1H3/t16-/m0/s1. The van der Waals surface area contributed by atoms with E-state index in [-0.39, 0.29) is 10.8 Å². The molecule has 2 aromatic carbocycles. The van der Waals surface area contributed by atoms with Crippen LogP contribution in [-0.4, -0.2) is 26.9 Å². The number of aryl methyl sites for hydroxylation is 1. The second kappa shape index (κ2) is 6.66. The number of nitrogens with one attached hydrogen (secondary N) is 1.